The summed E-state index contributed by atoms with van der Waals surface area (Å²) in [6.07, 6.45) is 1.82. The molecule has 0 saturated carbocycles. The quantitative estimate of drug-likeness (QED) is 0.551. The van der Waals surface area contributed by atoms with Gasteiger partial charge in [0.25, 0.3) is 0 Å². The summed E-state index contributed by atoms with van der Waals surface area (Å²) in [5, 5.41) is 12.8. The van der Waals surface area contributed by atoms with Gasteiger partial charge in [-0.25, -0.2) is 4.98 Å². The number of nitrogens with one attached hydrogen (secondary N) is 1. The Kier molecular flexibility index (Phi) is 4.86. The summed E-state index contributed by atoms with van der Waals surface area (Å²) >= 11 is 1.38. The van der Waals surface area contributed by atoms with Crippen LogP contribution in [0.25, 0.3) is 11.3 Å². The van der Waals surface area contributed by atoms with Gasteiger partial charge in [0.1, 0.15) is 5.75 Å². The maximum absolute atomic E-state index is 12.0. The Balaban J connectivity index is 1.62. The molecule has 1 amide bonds. The average molecular weight is 339 g/mol. The minimum atomic E-state index is -0.116. The lowest BCUT2D eigenvalue weighted by molar-refractivity contribution is -0.113. The zero-order valence-electron chi connectivity index (χ0n) is 13.1. The first-order valence-electron chi connectivity index (χ1n) is 7.42. The number of hydrogen-bond acceptors (Lipinski definition) is 4. The third kappa shape index (κ3) is 3.78. The Morgan fingerprint density at radius 1 is 1.17 bits per heavy atom. The number of nitrogens with zero attached hydrogens (tertiary/aromatic N) is 2. The Labute approximate surface area is 144 Å². The molecule has 0 atom stereocenters. The highest BCUT2D eigenvalue weighted by atomic mass is 32.2. The van der Waals surface area contributed by atoms with Gasteiger partial charge in [0, 0.05) is 12.7 Å². The summed E-state index contributed by atoms with van der Waals surface area (Å²) in [5.41, 5.74) is 2.76. The van der Waals surface area contributed by atoms with Gasteiger partial charge in [0.05, 0.1) is 17.6 Å². The molecule has 2 aromatic carbocycles. The van der Waals surface area contributed by atoms with E-state index in [0.29, 0.717) is 5.69 Å². The molecular formula is C18H17N3O2S. The lowest BCUT2D eigenvalue weighted by Crippen LogP contribution is -2.14. The third-order valence-electron chi connectivity index (χ3n) is 3.50. The van der Waals surface area contributed by atoms with Gasteiger partial charge in [-0.05, 0) is 29.8 Å². The molecular weight excluding hydrogens is 322 g/mol. The van der Waals surface area contributed by atoms with Crippen molar-refractivity contribution in [3.8, 4) is 17.0 Å². The number of benzene rings is 2. The second-order valence-electron chi connectivity index (χ2n) is 5.23. The van der Waals surface area contributed by atoms with Crippen molar-refractivity contribution in [2.75, 3.05) is 11.1 Å². The van der Waals surface area contributed by atoms with E-state index < -0.39 is 0 Å². The van der Waals surface area contributed by atoms with Crippen molar-refractivity contribution < 1.29 is 9.90 Å². The van der Waals surface area contributed by atoms with Crippen molar-refractivity contribution in [1.82, 2.24) is 9.55 Å². The molecule has 5 nitrogen and oxygen atoms in total. The topological polar surface area (TPSA) is 67.2 Å². The number of phenols is 1. The first-order chi connectivity index (χ1) is 11.6. The number of phenolic OH excluding ortho intramolecular Hbond substituents is 1. The number of aromatic hydroxyl groups is 1. The third-order valence-corrected chi connectivity index (χ3v) is 4.54. The molecule has 0 radical (unpaired) electrons. The monoisotopic (exact) mass is 339 g/mol. The molecule has 122 valence electrons. The number of amides is 1. The minimum Gasteiger partial charge on any atom is -0.508 e. The second-order valence-corrected chi connectivity index (χ2v) is 6.18. The molecule has 0 saturated heterocycles. The fourth-order valence-corrected chi connectivity index (χ4v) is 3.03. The summed E-state index contributed by atoms with van der Waals surface area (Å²) in [6.45, 7) is 0. The van der Waals surface area contributed by atoms with Crippen LogP contribution in [0.15, 0.2) is 66.0 Å². The molecule has 0 fully saturated rings. The van der Waals surface area contributed by atoms with E-state index in [0.717, 1.165) is 16.4 Å². The van der Waals surface area contributed by atoms with Crippen LogP contribution < -0.4 is 5.32 Å². The van der Waals surface area contributed by atoms with Crippen molar-refractivity contribution in [1.29, 1.82) is 0 Å². The number of aromatic nitrogens is 2. The van der Waals surface area contributed by atoms with Crippen LogP contribution in [0.3, 0.4) is 0 Å². The first kappa shape index (κ1) is 16.1. The van der Waals surface area contributed by atoms with Crippen molar-refractivity contribution >= 4 is 23.4 Å². The number of carbonyl (C=O) groups is 1. The summed E-state index contributed by atoms with van der Waals surface area (Å²) in [5.74, 6) is 0.318. The van der Waals surface area contributed by atoms with E-state index in [2.05, 4.69) is 10.3 Å². The molecule has 3 aromatic rings. The smallest absolute Gasteiger partial charge is 0.234 e. The van der Waals surface area contributed by atoms with E-state index in [-0.39, 0.29) is 17.4 Å². The Bertz CT molecular complexity index is 829. The fourth-order valence-electron chi connectivity index (χ4n) is 2.28. The average Bonchev–Trinajstić information content (AvgIpc) is 2.97. The standard InChI is InChI=1S/C18H17N3O2S/c1-21-16(13-5-3-2-4-6-13)11-19-18(21)24-12-17(23)20-14-7-9-15(22)10-8-14/h2-11,22H,12H2,1H3,(H,20,23). The highest BCUT2D eigenvalue weighted by molar-refractivity contribution is 7.99. The SMILES string of the molecule is Cn1c(-c2ccccc2)cnc1SCC(=O)Nc1ccc(O)cc1. The lowest BCUT2D eigenvalue weighted by atomic mass is 10.2. The highest BCUT2D eigenvalue weighted by Crippen LogP contribution is 2.24. The van der Waals surface area contributed by atoms with Crippen molar-refractivity contribution in [3.05, 3.63) is 60.8 Å². The predicted octanol–water partition coefficient (Wildman–Crippen LogP) is 3.52. The molecule has 1 aromatic heterocycles. The Hall–Kier alpha value is -2.73. The van der Waals surface area contributed by atoms with Gasteiger partial charge in [0.2, 0.25) is 5.91 Å². The van der Waals surface area contributed by atoms with Crippen molar-refractivity contribution in [3.63, 3.8) is 0 Å². The molecule has 24 heavy (non-hydrogen) atoms. The minimum absolute atomic E-state index is 0.116. The maximum Gasteiger partial charge on any atom is 0.234 e. The Morgan fingerprint density at radius 2 is 1.88 bits per heavy atom. The van der Waals surface area contributed by atoms with Crippen LogP contribution in [-0.2, 0) is 11.8 Å². The zero-order chi connectivity index (χ0) is 16.9. The van der Waals surface area contributed by atoms with E-state index in [1.807, 2.05) is 48.1 Å². The second kappa shape index (κ2) is 7.23. The summed E-state index contributed by atoms with van der Waals surface area (Å²) in [6, 6.07) is 16.4. The molecule has 0 aliphatic carbocycles. The van der Waals surface area contributed by atoms with Gasteiger partial charge < -0.3 is 15.0 Å². The fraction of sp³-hybridized carbons (Fsp3) is 0.111. The summed E-state index contributed by atoms with van der Waals surface area (Å²) in [4.78, 5) is 16.4. The van der Waals surface area contributed by atoms with Crippen LogP contribution in [0.2, 0.25) is 0 Å². The Morgan fingerprint density at radius 3 is 2.58 bits per heavy atom. The van der Waals surface area contributed by atoms with Gasteiger partial charge in [-0.2, -0.15) is 0 Å². The normalized spacial score (nSPS) is 10.5. The molecule has 0 aliphatic heterocycles. The molecule has 3 rings (SSSR count). The van der Waals surface area contributed by atoms with Crippen LogP contribution in [0, 0.1) is 0 Å². The number of anilines is 1. The predicted molar refractivity (Wildman–Crippen MR) is 96.1 cm³/mol. The van der Waals surface area contributed by atoms with E-state index in [9.17, 15) is 9.90 Å². The molecule has 1 heterocycles. The van der Waals surface area contributed by atoms with Gasteiger partial charge in [0.15, 0.2) is 5.16 Å². The van der Waals surface area contributed by atoms with Gasteiger partial charge in [-0.15, -0.1) is 0 Å². The summed E-state index contributed by atoms with van der Waals surface area (Å²) < 4.78 is 1.98. The first-order valence-corrected chi connectivity index (χ1v) is 8.41. The van der Waals surface area contributed by atoms with E-state index >= 15 is 0 Å². The van der Waals surface area contributed by atoms with Gasteiger partial charge in [-0.1, -0.05) is 42.1 Å². The molecule has 2 N–H and O–H groups in total. The van der Waals surface area contributed by atoms with E-state index in [1.54, 1.807) is 12.1 Å². The number of carbonyl (C=O) groups excluding carboxylic acids is 1. The molecule has 0 unspecified atom stereocenters. The number of rotatable bonds is 5. The number of thioether (sulfide) groups is 1. The van der Waals surface area contributed by atoms with Crippen molar-refractivity contribution in [2.24, 2.45) is 7.05 Å². The largest absolute Gasteiger partial charge is 0.508 e. The zero-order valence-corrected chi connectivity index (χ0v) is 14.0. The van der Waals surface area contributed by atoms with E-state index in [1.165, 1.54) is 23.9 Å². The lowest BCUT2D eigenvalue weighted by Gasteiger charge is -2.07. The molecule has 0 spiro atoms. The number of hydrogen-bond donors (Lipinski definition) is 2. The van der Waals surface area contributed by atoms with Crippen LogP contribution in [0.4, 0.5) is 5.69 Å². The van der Waals surface area contributed by atoms with Crippen LogP contribution in [0.1, 0.15) is 0 Å². The maximum atomic E-state index is 12.0. The highest BCUT2D eigenvalue weighted by Gasteiger charge is 2.11. The van der Waals surface area contributed by atoms with Gasteiger partial charge >= 0.3 is 0 Å². The van der Waals surface area contributed by atoms with Gasteiger partial charge in [-0.3, -0.25) is 4.79 Å². The number of imidazole rings is 1. The molecule has 0 aliphatic rings. The van der Waals surface area contributed by atoms with Crippen molar-refractivity contribution in [2.45, 2.75) is 5.16 Å². The van der Waals surface area contributed by atoms with Crippen LogP contribution in [0.5, 0.6) is 5.75 Å². The molecule has 6 heteroatoms. The van der Waals surface area contributed by atoms with Crippen LogP contribution >= 0.6 is 11.8 Å². The molecule has 0 bridgehead atoms. The summed E-state index contributed by atoms with van der Waals surface area (Å²) in [7, 11) is 1.94. The van der Waals surface area contributed by atoms with Crippen LogP contribution in [-0.4, -0.2) is 26.3 Å². The van der Waals surface area contributed by atoms with E-state index in [4.69, 9.17) is 0 Å².